The Morgan fingerprint density at radius 3 is 0.809 bits per heavy atom. The predicted octanol–water partition coefficient (Wildman–Crippen LogP) is 17.9. The van der Waals surface area contributed by atoms with Crippen molar-refractivity contribution in [1.82, 2.24) is 9.13 Å². The molecule has 338 valence electrons. The smallest absolute Gasteiger partial charge is 0.104 e. The Morgan fingerprint density at radius 1 is 0.324 bits per heavy atom. The van der Waals surface area contributed by atoms with Crippen molar-refractivity contribution in [2.24, 2.45) is 0 Å². The number of aromatic nitrogens is 2. The molecule has 0 spiro atoms. The van der Waals surface area contributed by atoms with E-state index in [4.69, 9.17) is 0 Å². The molecule has 0 unspecified atom stereocenters. The van der Waals surface area contributed by atoms with E-state index in [1.165, 1.54) is 43.8 Å². The van der Waals surface area contributed by atoms with Crippen LogP contribution in [0.15, 0.2) is 164 Å². The quantitative estimate of drug-likeness (QED) is 0.170. The van der Waals surface area contributed by atoms with Crippen LogP contribution in [0, 0.1) is 11.3 Å². The second-order valence-electron chi connectivity index (χ2n) is 23.0. The fourth-order valence-corrected chi connectivity index (χ4v) is 10.3. The number of nitrogens with zero attached hydrogens (tertiary/aromatic N) is 3. The van der Waals surface area contributed by atoms with Crippen molar-refractivity contribution >= 4 is 43.6 Å². The molecule has 10 rings (SSSR count). The molecule has 0 aliphatic rings. The summed E-state index contributed by atoms with van der Waals surface area (Å²) in [5, 5.41) is 17.1. The number of benzene rings is 8. The van der Waals surface area contributed by atoms with Gasteiger partial charge < -0.3 is 9.13 Å². The molecule has 0 aliphatic heterocycles. The molecule has 68 heavy (non-hydrogen) atoms. The van der Waals surface area contributed by atoms with E-state index >= 15 is 0 Å². The fraction of sp³-hybridized carbons (Fsp3) is 0.246. The molecule has 2 heterocycles. The number of fused-ring (bicyclic) bond motifs is 6. The Labute approximate surface area is 403 Å². The minimum Gasteiger partial charge on any atom is -0.307 e. The van der Waals surface area contributed by atoms with Crippen LogP contribution < -0.4 is 0 Å². The highest BCUT2D eigenvalue weighted by molar-refractivity contribution is 6.15. The fourth-order valence-electron chi connectivity index (χ4n) is 10.3. The lowest BCUT2D eigenvalue weighted by Crippen LogP contribution is -2.12. The normalized spacial score (nSPS) is 12.7. The predicted molar refractivity (Wildman–Crippen MR) is 291 cm³/mol. The molecule has 2 aromatic heterocycles. The van der Waals surface area contributed by atoms with E-state index in [0.29, 0.717) is 5.56 Å². The maximum absolute atomic E-state index is 12.4. The summed E-state index contributed by atoms with van der Waals surface area (Å²) >= 11 is 0. The molecule has 0 amide bonds. The summed E-state index contributed by atoms with van der Waals surface area (Å²) in [6, 6.07) is 63.4. The number of nitriles is 1. The van der Waals surface area contributed by atoms with E-state index in [1.54, 1.807) is 0 Å². The van der Waals surface area contributed by atoms with Gasteiger partial charge >= 0.3 is 0 Å². The zero-order valence-corrected chi connectivity index (χ0v) is 41.9. The molecule has 3 heteroatoms. The molecule has 0 N–H and O–H groups in total. The lowest BCUT2D eigenvalue weighted by molar-refractivity contribution is 0.590. The minimum atomic E-state index is -0.0709. The van der Waals surface area contributed by atoms with Crippen LogP contribution >= 0.6 is 0 Å². The summed E-state index contributed by atoms with van der Waals surface area (Å²) in [6.07, 6.45) is 0. The summed E-state index contributed by atoms with van der Waals surface area (Å²) in [5.74, 6) is 0. The van der Waals surface area contributed by atoms with E-state index in [-0.39, 0.29) is 21.7 Å². The van der Waals surface area contributed by atoms with Gasteiger partial charge in [-0.15, -0.1) is 0 Å². The first-order chi connectivity index (χ1) is 32.3. The first-order valence-electron chi connectivity index (χ1n) is 24.2. The van der Waals surface area contributed by atoms with Gasteiger partial charge in [-0.1, -0.05) is 198 Å². The molecule has 10 aromatic rings. The Morgan fingerprint density at radius 2 is 0.574 bits per heavy atom. The lowest BCUT2D eigenvalue weighted by atomic mass is 9.82. The molecule has 0 bridgehead atoms. The Kier molecular flexibility index (Phi) is 10.5. The van der Waals surface area contributed by atoms with Gasteiger partial charge in [0.15, 0.2) is 0 Å². The highest BCUT2D eigenvalue weighted by Crippen LogP contribution is 2.53. The Bertz CT molecular complexity index is 3260. The number of hydrogen-bond donors (Lipinski definition) is 0. The maximum atomic E-state index is 12.4. The minimum absolute atomic E-state index is 0.0709. The molecule has 0 saturated carbocycles. The van der Waals surface area contributed by atoms with Crippen LogP contribution in [-0.2, 0) is 21.7 Å². The monoisotopic (exact) mass is 886 g/mol. The Balaban J connectivity index is 1.52. The van der Waals surface area contributed by atoms with E-state index < -0.39 is 0 Å². The largest absolute Gasteiger partial charge is 0.307 e. The third-order valence-corrected chi connectivity index (χ3v) is 14.2. The molecular formula is C65H63N3. The zero-order chi connectivity index (χ0) is 48.1. The molecule has 0 aliphatic carbocycles. The first-order valence-corrected chi connectivity index (χ1v) is 24.2. The first kappa shape index (κ1) is 44.7. The van der Waals surface area contributed by atoms with Gasteiger partial charge in [-0.2, -0.15) is 5.26 Å². The van der Waals surface area contributed by atoms with Crippen molar-refractivity contribution in [3.63, 3.8) is 0 Å². The SMILES string of the molecule is CC(C)(C)c1ccc2c(c1)c1cc(C(C)(C)C)ccc1n2-c1c(C#N)c(-n2c3ccc(C(C)(C)C)cc3c3cc(C(C)(C)C)ccc32)c(-c2ccccc2)c(-c2ccccc2)c1-c1ccccc1. The third kappa shape index (κ3) is 7.43. The standard InChI is InChI=1S/C65H63N3/c1-62(2,3)44-28-32-53-48(36-44)49-37-45(63(4,5)6)29-33-54(49)67(53)60-52(40-66)61(68-55-34-30-46(64(7,8)9)38-50(55)51-39-47(65(10,11)12)31-35-56(51)68)59(43-26-20-15-21-27-43)57(41-22-16-13-17-23-41)58(60)42-24-18-14-19-25-42/h13-39H,1-12H3. The van der Waals surface area contributed by atoms with Crippen LogP contribution in [0.3, 0.4) is 0 Å². The van der Waals surface area contributed by atoms with Gasteiger partial charge in [0, 0.05) is 38.2 Å². The van der Waals surface area contributed by atoms with Crippen molar-refractivity contribution in [3.05, 3.63) is 192 Å². The number of rotatable bonds is 5. The van der Waals surface area contributed by atoms with E-state index in [2.05, 4.69) is 262 Å². The summed E-state index contributed by atoms with van der Waals surface area (Å²) in [4.78, 5) is 0. The van der Waals surface area contributed by atoms with Crippen molar-refractivity contribution < 1.29 is 0 Å². The van der Waals surface area contributed by atoms with Crippen molar-refractivity contribution in [2.75, 3.05) is 0 Å². The van der Waals surface area contributed by atoms with Gasteiger partial charge in [0.05, 0.1) is 33.4 Å². The molecule has 0 saturated heterocycles. The van der Waals surface area contributed by atoms with Crippen LogP contribution in [-0.4, -0.2) is 9.13 Å². The average molecular weight is 886 g/mol. The van der Waals surface area contributed by atoms with Crippen LogP contribution in [0.4, 0.5) is 0 Å². The average Bonchev–Trinajstić information content (AvgIpc) is 3.81. The lowest BCUT2D eigenvalue weighted by Gasteiger charge is -2.28. The topological polar surface area (TPSA) is 33.6 Å². The van der Waals surface area contributed by atoms with Crippen molar-refractivity contribution in [2.45, 2.75) is 105 Å². The summed E-state index contributed by atoms with van der Waals surface area (Å²) < 4.78 is 4.86. The van der Waals surface area contributed by atoms with Gasteiger partial charge in [-0.3, -0.25) is 0 Å². The second-order valence-corrected chi connectivity index (χ2v) is 23.0. The highest BCUT2D eigenvalue weighted by Gasteiger charge is 2.33. The molecule has 0 radical (unpaired) electrons. The van der Waals surface area contributed by atoms with Crippen molar-refractivity contribution in [1.29, 1.82) is 5.26 Å². The van der Waals surface area contributed by atoms with Gasteiger partial charge in [0.2, 0.25) is 0 Å². The molecule has 8 aromatic carbocycles. The third-order valence-electron chi connectivity index (χ3n) is 14.2. The van der Waals surface area contributed by atoms with Crippen LogP contribution in [0.5, 0.6) is 0 Å². The second kappa shape index (κ2) is 16.0. The zero-order valence-electron chi connectivity index (χ0n) is 41.9. The van der Waals surface area contributed by atoms with Gasteiger partial charge in [0.1, 0.15) is 11.6 Å². The van der Waals surface area contributed by atoms with Gasteiger partial charge in [0.25, 0.3) is 0 Å². The Hall–Kier alpha value is -7.15. The van der Waals surface area contributed by atoms with E-state index in [0.717, 1.165) is 66.8 Å². The number of hydrogen-bond acceptors (Lipinski definition) is 1. The summed E-state index contributed by atoms with van der Waals surface area (Å²) in [5.41, 5.74) is 17.7. The van der Waals surface area contributed by atoms with Gasteiger partial charge in [-0.25, -0.2) is 0 Å². The van der Waals surface area contributed by atoms with Crippen molar-refractivity contribution in [3.8, 4) is 50.8 Å². The van der Waals surface area contributed by atoms with Crippen LogP contribution in [0.2, 0.25) is 0 Å². The van der Waals surface area contributed by atoms with E-state index in [9.17, 15) is 5.26 Å². The van der Waals surface area contributed by atoms with E-state index in [1.807, 2.05) is 0 Å². The van der Waals surface area contributed by atoms with Crippen LogP contribution in [0.1, 0.15) is 111 Å². The highest BCUT2D eigenvalue weighted by atomic mass is 15.0. The maximum Gasteiger partial charge on any atom is 0.104 e. The van der Waals surface area contributed by atoms with Gasteiger partial charge in [-0.05, 0) is 109 Å². The van der Waals surface area contributed by atoms with Crippen LogP contribution in [0.25, 0.3) is 88.4 Å². The molecular weight excluding hydrogens is 823 g/mol. The summed E-state index contributed by atoms with van der Waals surface area (Å²) in [7, 11) is 0. The molecule has 3 nitrogen and oxygen atoms in total. The summed E-state index contributed by atoms with van der Waals surface area (Å²) in [6.45, 7) is 27.5. The molecule has 0 atom stereocenters. The molecule has 0 fully saturated rings.